The van der Waals surface area contributed by atoms with E-state index in [0.717, 1.165) is 24.1 Å². The van der Waals surface area contributed by atoms with E-state index in [2.05, 4.69) is 14.4 Å². The minimum atomic E-state index is -3.66. The van der Waals surface area contributed by atoms with Crippen LogP contribution >= 0.6 is 0 Å². The van der Waals surface area contributed by atoms with Crippen molar-refractivity contribution in [1.82, 2.24) is 9.71 Å². The highest BCUT2D eigenvalue weighted by molar-refractivity contribution is 7.90. The molecule has 0 unspecified atom stereocenters. The zero-order valence-electron chi connectivity index (χ0n) is 14.8. The number of hydrogen-bond acceptors (Lipinski definition) is 4. The molecule has 3 rings (SSSR count). The molecule has 0 bridgehead atoms. The number of aryl methyl sites for hydroxylation is 1. The van der Waals surface area contributed by atoms with Crippen molar-refractivity contribution in [1.29, 1.82) is 0 Å². The third-order valence-electron chi connectivity index (χ3n) is 4.00. The Labute approximate surface area is 153 Å². The van der Waals surface area contributed by atoms with Gasteiger partial charge in [0.25, 0.3) is 16.1 Å². The lowest BCUT2D eigenvalue weighted by Gasteiger charge is -2.30. The van der Waals surface area contributed by atoms with Gasteiger partial charge in [0.15, 0.2) is 0 Å². The molecule has 1 aliphatic heterocycles. The van der Waals surface area contributed by atoms with Crippen LogP contribution in [-0.2, 0) is 16.6 Å². The van der Waals surface area contributed by atoms with Crippen molar-refractivity contribution in [2.24, 2.45) is 0 Å². The highest BCUT2D eigenvalue weighted by Crippen LogP contribution is 2.31. The zero-order valence-corrected chi connectivity index (χ0v) is 15.6. The average molecular weight is 374 g/mol. The minimum Gasteiger partial charge on any atom is -0.308 e. The summed E-state index contributed by atoms with van der Waals surface area (Å²) in [5.74, 6) is -0.139. The molecule has 0 atom stereocenters. The topological polar surface area (TPSA) is 91.4 Å². The summed E-state index contributed by atoms with van der Waals surface area (Å²) in [5.41, 5.74) is 2.68. The van der Waals surface area contributed by atoms with E-state index in [-0.39, 0.29) is 11.9 Å². The molecule has 0 spiro atoms. The summed E-state index contributed by atoms with van der Waals surface area (Å²) in [5, 5.41) is 0. The molecule has 0 aliphatic carbocycles. The molecule has 0 saturated carbocycles. The van der Waals surface area contributed by atoms with Gasteiger partial charge in [-0.15, -0.1) is 0 Å². The lowest BCUT2D eigenvalue weighted by Crippen LogP contribution is -2.36. The Hall–Kier alpha value is -2.45. The maximum atomic E-state index is 12.8. The second-order valence-corrected chi connectivity index (χ2v) is 7.97. The fourth-order valence-electron chi connectivity index (χ4n) is 2.99. The predicted molar refractivity (Wildman–Crippen MR) is 101 cm³/mol. The molecule has 1 aliphatic rings. The lowest BCUT2D eigenvalue weighted by atomic mass is 10.0. The molecule has 2 aromatic rings. The van der Waals surface area contributed by atoms with Gasteiger partial charge in [-0.1, -0.05) is 6.07 Å². The normalized spacial score (nSPS) is 14.2. The highest BCUT2D eigenvalue weighted by Gasteiger charge is 2.24. The van der Waals surface area contributed by atoms with Crippen LogP contribution in [0.15, 0.2) is 42.7 Å². The van der Waals surface area contributed by atoms with E-state index in [1.165, 1.54) is 6.20 Å². The zero-order chi connectivity index (χ0) is 18.7. The Balaban J connectivity index is 1.90. The number of pyridine rings is 1. The van der Waals surface area contributed by atoms with Gasteiger partial charge in [0, 0.05) is 30.7 Å². The number of nitrogens with zero attached hydrogens (tertiary/aromatic N) is 2. The fraction of sp³-hybridized carbons (Fsp3) is 0.333. The number of nitrogens with one attached hydrogen (secondary N) is 2. The number of carbonyl (C=O) groups excluding carboxylic acids is 1. The van der Waals surface area contributed by atoms with Crippen LogP contribution in [0.4, 0.5) is 11.4 Å². The average Bonchev–Trinajstić information content (AvgIpc) is 2.60. The fourth-order valence-corrected chi connectivity index (χ4v) is 4.11. The van der Waals surface area contributed by atoms with Gasteiger partial charge in [-0.3, -0.25) is 14.5 Å². The summed E-state index contributed by atoms with van der Waals surface area (Å²) in [7, 11) is -3.66. The molecule has 26 heavy (non-hydrogen) atoms. The van der Waals surface area contributed by atoms with Crippen molar-refractivity contribution in [2.75, 3.05) is 16.2 Å². The van der Waals surface area contributed by atoms with Crippen LogP contribution < -0.4 is 14.3 Å². The molecule has 0 fully saturated rings. The smallest absolute Gasteiger partial charge is 0.299 e. The maximum absolute atomic E-state index is 12.8. The molecule has 8 heteroatoms. The van der Waals surface area contributed by atoms with Crippen LogP contribution in [0, 0.1) is 0 Å². The summed E-state index contributed by atoms with van der Waals surface area (Å²) in [4.78, 5) is 18.5. The number of aromatic nitrogens is 1. The van der Waals surface area contributed by atoms with Crippen molar-refractivity contribution in [3.63, 3.8) is 0 Å². The molecule has 1 aromatic carbocycles. The SMILES string of the molecule is CC(C)NS(=O)(=O)Nc1ccc2c(c1)N(C(=O)c1cccnc1)CCC2. The standard InChI is InChI=1S/C18H22N4O3S/c1-13(2)20-26(24,25)21-16-8-7-14-6-4-10-22(17(14)11-16)18(23)15-5-3-9-19-12-15/h3,5,7-9,11-13,20-21H,4,6,10H2,1-2H3. The second kappa shape index (κ2) is 7.43. The molecular formula is C18H22N4O3S. The van der Waals surface area contributed by atoms with Crippen LogP contribution in [0.5, 0.6) is 0 Å². The van der Waals surface area contributed by atoms with E-state index in [4.69, 9.17) is 0 Å². The van der Waals surface area contributed by atoms with Gasteiger partial charge < -0.3 is 4.90 Å². The van der Waals surface area contributed by atoms with Crippen molar-refractivity contribution in [3.05, 3.63) is 53.9 Å². The summed E-state index contributed by atoms with van der Waals surface area (Å²) in [6.07, 6.45) is 4.87. The van der Waals surface area contributed by atoms with E-state index < -0.39 is 10.2 Å². The molecule has 0 saturated heterocycles. The number of benzene rings is 1. The maximum Gasteiger partial charge on any atom is 0.299 e. The van der Waals surface area contributed by atoms with Crippen LogP contribution in [0.3, 0.4) is 0 Å². The minimum absolute atomic E-state index is 0.139. The molecule has 1 amide bonds. The molecular weight excluding hydrogens is 352 g/mol. The third-order valence-corrected chi connectivity index (χ3v) is 5.29. The molecule has 7 nitrogen and oxygen atoms in total. The Kier molecular flexibility index (Phi) is 5.24. The highest BCUT2D eigenvalue weighted by atomic mass is 32.2. The van der Waals surface area contributed by atoms with Gasteiger partial charge in [-0.25, -0.2) is 0 Å². The number of hydrogen-bond donors (Lipinski definition) is 2. The Bertz CT molecular complexity index is 898. The first-order valence-corrected chi connectivity index (χ1v) is 9.99. The van der Waals surface area contributed by atoms with Crippen LogP contribution in [0.2, 0.25) is 0 Å². The van der Waals surface area contributed by atoms with Gasteiger partial charge in [0.2, 0.25) is 0 Å². The number of fused-ring (bicyclic) bond motifs is 1. The van der Waals surface area contributed by atoms with Crippen molar-refractivity contribution < 1.29 is 13.2 Å². The van der Waals surface area contributed by atoms with E-state index in [1.54, 1.807) is 49.2 Å². The third kappa shape index (κ3) is 4.20. The van der Waals surface area contributed by atoms with Crippen LogP contribution in [0.1, 0.15) is 36.2 Å². The van der Waals surface area contributed by atoms with E-state index in [0.29, 0.717) is 17.8 Å². The summed E-state index contributed by atoms with van der Waals surface area (Å²) in [6, 6.07) is 8.53. The first-order valence-electron chi connectivity index (χ1n) is 8.50. The Morgan fingerprint density at radius 1 is 1.27 bits per heavy atom. The first kappa shape index (κ1) is 18.3. The Morgan fingerprint density at radius 3 is 2.77 bits per heavy atom. The number of rotatable bonds is 5. The molecule has 0 radical (unpaired) electrons. The quantitative estimate of drug-likeness (QED) is 0.840. The summed E-state index contributed by atoms with van der Waals surface area (Å²) >= 11 is 0. The van der Waals surface area contributed by atoms with E-state index in [1.807, 2.05) is 6.07 Å². The predicted octanol–water partition coefficient (Wildman–Crippen LogP) is 2.33. The number of carbonyl (C=O) groups is 1. The van der Waals surface area contributed by atoms with Crippen molar-refractivity contribution in [2.45, 2.75) is 32.7 Å². The van der Waals surface area contributed by atoms with Gasteiger partial charge in [-0.2, -0.15) is 13.1 Å². The van der Waals surface area contributed by atoms with Crippen molar-refractivity contribution >= 4 is 27.5 Å². The van der Waals surface area contributed by atoms with Crippen LogP contribution in [0.25, 0.3) is 0 Å². The molecule has 138 valence electrons. The monoisotopic (exact) mass is 374 g/mol. The van der Waals surface area contributed by atoms with Gasteiger partial charge in [0.1, 0.15) is 0 Å². The number of anilines is 2. The van der Waals surface area contributed by atoms with E-state index >= 15 is 0 Å². The molecule has 2 heterocycles. The molecule has 1 aromatic heterocycles. The van der Waals surface area contributed by atoms with E-state index in [9.17, 15) is 13.2 Å². The largest absolute Gasteiger partial charge is 0.308 e. The second-order valence-electron chi connectivity index (χ2n) is 6.52. The lowest BCUT2D eigenvalue weighted by molar-refractivity contribution is 0.0985. The Morgan fingerprint density at radius 2 is 2.08 bits per heavy atom. The van der Waals surface area contributed by atoms with Crippen LogP contribution in [-0.4, -0.2) is 31.9 Å². The summed E-state index contributed by atoms with van der Waals surface area (Å²) < 4.78 is 29.2. The van der Waals surface area contributed by atoms with Gasteiger partial charge in [-0.05, 0) is 56.5 Å². The first-order chi connectivity index (χ1) is 12.4. The molecule has 2 N–H and O–H groups in total. The van der Waals surface area contributed by atoms with Gasteiger partial charge >= 0.3 is 0 Å². The summed E-state index contributed by atoms with van der Waals surface area (Å²) in [6.45, 7) is 4.09. The number of amides is 1. The van der Waals surface area contributed by atoms with Crippen molar-refractivity contribution in [3.8, 4) is 0 Å². The van der Waals surface area contributed by atoms with Gasteiger partial charge in [0.05, 0.1) is 11.3 Å².